The number of benzene rings is 1. The number of halogens is 1. The van der Waals surface area contributed by atoms with Crippen LogP contribution in [0.5, 0.6) is 5.75 Å². The van der Waals surface area contributed by atoms with Gasteiger partial charge in [0.1, 0.15) is 18.5 Å². The van der Waals surface area contributed by atoms with Crippen molar-refractivity contribution < 1.29 is 28.5 Å². The van der Waals surface area contributed by atoms with Gasteiger partial charge in [-0.15, -0.1) is 0 Å². The number of para-hydroxylation sites is 1. The Morgan fingerprint density at radius 2 is 1.87 bits per heavy atom. The lowest BCUT2D eigenvalue weighted by molar-refractivity contribution is -0.179. The molecule has 3 unspecified atom stereocenters. The van der Waals surface area contributed by atoms with Crippen molar-refractivity contribution in [1.82, 2.24) is 0 Å². The van der Waals surface area contributed by atoms with Crippen molar-refractivity contribution in [1.29, 1.82) is 0 Å². The molecule has 1 aliphatic rings. The maximum absolute atomic E-state index is 11.2. The van der Waals surface area contributed by atoms with E-state index in [4.69, 9.17) is 18.9 Å². The molecule has 1 heterocycles. The van der Waals surface area contributed by atoms with E-state index in [0.717, 1.165) is 3.58 Å². The summed E-state index contributed by atoms with van der Waals surface area (Å²) in [6, 6.07) is 9.22. The number of ether oxygens (including phenoxy) is 4. The highest BCUT2D eigenvalue weighted by molar-refractivity contribution is 14.1. The quantitative estimate of drug-likeness (QED) is 0.527. The van der Waals surface area contributed by atoms with Gasteiger partial charge < -0.3 is 18.9 Å². The number of hydrogen-bond acceptors (Lipinski definition) is 6. The van der Waals surface area contributed by atoms with Gasteiger partial charge in [-0.05, 0) is 40.8 Å². The van der Waals surface area contributed by atoms with E-state index in [1.54, 1.807) is 6.08 Å². The Hall–Kier alpha value is -1.61. The van der Waals surface area contributed by atoms with E-state index in [2.05, 4.69) is 22.6 Å². The molecule has 23 heavy (non-hydrogen) atoms. The van der Waals surface area contributed by atoms with Crippen molar-refractivity contribution >= 4 is 34.5 Å². The van der Waals surface area contributed by atoms with Gasteiger partial charge in [0.05, 0.1) is 3.58 Å². The van der Waals surface area contributed by atoms with Gasteiger partial charge in [0.25, 0.3) is 0 Å². The molecule has 7 heteroatoms. The number of carbonyl (C=O) groups is 2. The second-order valence-electron chi connectivity index (χ2n) is 4.87. The average Bonchev–Trinajstić information content (AvgIpc) is 2.49. The molecule has 0 bridgehead atoms. The molecule has 0 aromatic heterocycles. The topological polar surface area (TPSA) is 71.1 Å². The van der Waals surface area contributed by atoms with Gasteiger partial charge in [0, 0.05) is 13.8 Å². The SMILES string of the molecule is CC(=O)OCC1OC(Oc2ccccc2)C(I)=CC1OC(C)=O. The molecule has 0 aliphatic carbocycles. The number of rotatable bonds is 5. The first-order valence-corrected chi connectivity index (χ1v) is 8.08. The van der Waals surface area contributed by atoms with Gasteiger partial charge in [-0.25, -0.2) is 0 Å². The molecule has 6 nitrogen and oxygen atoms in total. The molecule has 0 N–H and O–H groups in total. The van der Waals surface area contributed by atoms with E-state index in [1.165, 1.54) is 13.8 Å². The van der Waals surface area contributed by atoms with Crippen LogP contribution in [0.1, 0.15) is 13.8 Å². The zero-order valence-corrected chi connectivity index (χ0v) is 14.9. The van der Waals surface area contributed by atoms with Crippen molar-refractivity contribution in [2.45, 2.75) is 32.3 Å². The molecule has 0 saturated heterocycles. The first-order chi connectivity index (χ1) is 11.0. The third-order valence-corrected chi connectivity index (χ3v) is 3.82. The minimum absolute atomic E-state index is 0.0254. The Bertz CT molecular complexity index is 585. The summed E-state index contributed by atoms with van der Waals surface area (Å²) >= 11 is 2.07. The molecule has 0 radical (unpaired) electrons. The smallest absolute Gasteiger partial charge is 0.303 e. The Kier molecular flexibility index (Phi) is 6.40. The maximum atomic E-state index is 11.2. The minimum Gasteiger partial charge on any atom is -0.463 e. The van der Waals surface area contributed by atoms with Crippen molar-refractivity contribution in [3.05, 3.63) is 40.0 Å². The third-order valence-electron chi connectivity index (χ3n) is 2.95. The van der Waals surface area contributed by atoms with Crippen molar-refractivity contribution in [2.24, 2.45) is 0 Å². The Labute approximate surface area is 147 Å². The summed E-state index contributed by atoms with van der Waals surface area (Å²) in [4.78, 5) is 22.2. The fraction of sp³-hybridized carbons (Fsp3) is 0.375. The fourth-order valence-corrected chi connectivity index (χ4v) is 2.61. The Balaban J connectivity index is 2.12. The first kappa shape index (κ1) is 17.7. The monoisotopic (exact) mass is 432 g/mol. The normalized spacial score (nSPS) is 23.6. The van der Waals surface area contributed by atoms with Crippen LogP contribution < -0.4 is 4.74 Å². The van der Waals surface area contributed by atoms with Gasteiger partial charge in [0.15, 0.2) is 6.10 Å². The molecule has 124 valence electrons. The van der Waals surface area contributed by atoms with Crippen LogP contribution in [0.3, 0.4) is 0 Å². The van der Waals surface area contributed by atoms with Crippen LogP contribution in [0.25, 0.3) is 0 Å². The summed E-state index contributed by atoms with van der Waals surface area (Å²) in [5.74, 6) is -0.216. The van der Waals surface area contributed by atoms with Crippen LogP contribution in [0.4, 0.5) is 0 Å². The molecule has 1 aromatic rings. The van der Waals surface area contributed by atoms with Crippen molar-refractivity contribution in [3.8, 4) is 5.75 Å². The second-order valence-corrected chi connectivity index (χ2v) is 6.11. The van der Waals surface area contributed by atoms with E-state index >= 15 is 0 Å². The number of esters is 2. The molecular weight excluding hydrogens is 415 g/mol. The van der Waals surface area contributed by atoms with Gasteiger partial charge >= 0.3 is 11.9 Å². The maximum Gasteiger partial charge on any atom is 0.303 e. The summed E-state index contributed by atoms with van der Waals surface area (Å²) in [6.45, 7) is 2.60. The van der Waals surface area contributed by atoms with E-state index in [0.29, 0.717) is 5.75 Å². The molecule has 3 atom stereocenters. The van der Waals surface area contributed by atoms with Crippen LogP contribution in [0, 0.1) is 0 Å². The fourth-order valence-electron chi connectivity index (χ4n) is 1.99. The number of carbonyl (C=O) groups excluding carboxylic acids is 2. The van der Waals surface area contributed by atoms with Crippen LogP contribution in [-0.4, -0.2) is 37.0 Å². The van der Waals surface area contributed by atoms with Crippen molar-refractivity contribution in [2.75, 3.05) is 6.61 Å². The van der Waals surface area contributed by atoms with Gasteiger partial charge in [-0.1, -0.05) is 18.2 Å². The van der Waals surface area contributed by atoms with E-state index in [1.807, 2.05) is 30.3 Å². The molecule has 1 aliphatic heterocycles. The lowest BCUT2D eigenvalue weighted by Gasteiger charge is -2.33. The van der Waals surface area contributed by atoms with E-state index < -0.39 is 30.4 Å². The Morgan fingerprint density at radius 1 is 1.17 bits per heavy atom. The molecule has 0 saturated carbocycles. The Morgan fingerprint density at radius 3 is 2.48 bits per heavy atom. The summed E-state index contributed by atoms with van der Waals surface area (Å²) in [5.41, 5.74) is 0. The lowest BCUT2D eigenvalue weighted by Crippen LogP contribution is -2.44. The molecular formula is C16H17IO6. The number of hydrogen-bond donors (Lipinski definition) is 0. The predicted octanol–water partition coefficient (Wildman–Crippen LogP) is 2.60. The largest absolute Gasteiger partial charge is 0.463 e. The minimum atomic E-state index is -0.648. The first-order valence-electron chi connectivity index (χ1n) is 7.00. The highest BCUT2D eigenvalue weighted by atomic mass is 127. The molecule has 0 spiro atoms. The van der Waals surface area contributed by atoms with Crippen molar-refractivity contribution in [3.63, 3.8) is 0 Å². The summed E-state index contributed by atoms with van der Waals surface area (Å²) in [7, 11) is 0. The summed E-state index contributed by atoms with van der Waals surface area (Å²) in [6.07, 6.45) is -0.164. The van der Waals surface area contributed by atoms with E-state index in [9.17, 15) is 9.59 Å². The van der Waals surface area contributed by atoms with Crippen LogP contribution >= 0.6 is 22.6 Å². The van der Waals surface area contributed by atoms with Gasteiger partial charge in [0.2, 0.25) is 6.29 Å². The zero-order valence-electron chi connectivity index (χ0n) is 12.7. The molecule has 2 rings (SSSR count). The van der Waals surface area contributed by atoms with Crippen LogP contribution in [0.15, 0.2) is 40.0 Å². The summed E-state index contributed by atoms with van der Waals surface area (Å²) in [5, 5.41) is 0. The lowest BCUT2D eigenvalue weighted by atomic mass is 10.1. The average molecular weight is 432 g/mol. The highest BCUT2D eigenvalue weighted by Crippen LogP contribution is 2.29. The molecule has 0 fully saturated rings. The second kappa shape index (κ2) is 8.30. The predicted molar refractivity (Wildman–Crippen MR) is 90.0 cm³/mol. The summed E-state index contributed by atoms with van der Waals surface area (Å²) < 4.78 is 22.5. The van der Waals surface area contributed by atoms with Gasteiger partial charge in [-0.2, -0.15) is 0 Å². The van der Waals surface area contributed by atoms with Crippen LogP contribution in [-0.2, 0) is 23.8 Å². The van der Waals surface area contributed by atoms with Crippen LogP contribution in [0.2, 0.25) is 0 Å². The molecule has 0 amide bonds. The standard InChI is InChI=1S/C16H17IO6/c1-10(18)20-9-15-14(21-11(2)19)8-13(17)16(23-15)22-12-6-4-3-5-7-12/h3-8,14-16H,9H2,1-2H3. The van der Waals surface area contributed by atoms with E-state index in [-0.39, 0.29) is 6.61 Å². The third kappa shape index (κ3) is 5.51. The van der Waals surface area contributed by atoms with Gasteiger partial charge in [-0.3, -0.25) is 9.59 Å². The molecule has 1 aromatic carbocycles. The highest BCUT2D eigenvalue weighted by Gasteiger charge is 2.35. The zero-order chi connectivity index (χ0) is 16.8.